The number of nitriles is 1. The zero-order valence-electron chi connectivity index (χ0n) is 20.1. The van der Waals surface area contributed by atoms with Gasteiger partial charge in [-0.1, -0.05) is 71.9 Å². The zero-order chi connectivity index (χ0) is 25.6. The SMILES string of the molecule is CCOC(=O)C1=C(c2ccccc2)NC(SCC(=O)NC(C)(C)C)=C(C#N)C1c1ccccc1Cl. The highest BCUT2D eigenvalue weighted by Gasteiger charge is 2.38. The van der Waals surface area contributed by atoms with Crippen LogP contribution in [0, 0.1) is 11.3 Å². The number of halogens is 1. The summed E-state index contributed by atoms with van der Waals surface area (Å²) in [5.74, 6) is -1.37. The molecular weight excluding hydrogens is 482 g/mol. The Morgan fingerprint density at radius 2 is 1.80 bits per heavy atom. The number of esters is 1. The second kappa shape index (κ2) is 11.5. The van der Waals surface area contributed by atoms with E-state index >= 15 is 0 Å². The number of nitrogens with zero attached hydrogens (tertiary/aromatic N) is 1. The normalized spacial score (nSPS) is 15.8. The number of benzene rings is 2. The Hall–Kier alpha value is -3.21. The second-order valence-electron chi connectivity index (χ2n) is 8.90. The van der Waals surface area contributed by atoms with Crippen LogP contribution in [0.15, 0.2) is 70.8 Å². The third-order valence-corrected chi connectivity index (χ3v) is 6.45. The number of carbonyl (C=O) groups is 2. The largest absolute Gasteiger partial charge is 0.463 e. The smallest absolute Gasteiger partial charge is 0.337 e. The Kier molecular flexibility index (Phi) is 8.66. The van der Waals surface area contributed by atoms with Crippen molar-refractivity contribution in [2.75, 3.05) is 12.4 Å². The molecule has 3 rings (SSSR count). The fourth-order valence-corrected chi connectivity index (χ4v) is 4.86. The maximum Gasteiger partial charge on any atom is 0.337 e. The summed E-state index contributed by atoms with van der Waals surface area (Å²) >= 11 is 7.78. The molecule has 2 aromatic rings. The Morgan fingerprint density at radius 3 is 2.40 bits per heavy atom. The molecule has 35 heavy (non-hydrogen) atoms. The van der Waals surface area contributed by atoms with Crippen molar-refractivity contribution in [2.24, 2.45) is 0 Å². The van der Waals surface area contributed by atoms with Crippen molar-refractivity contribution >= 4 is 40.9 Å². The number of hydrogen-bond donors (Lipinski definition) is 2. The molecule has 1 heterocycles. The molecule has 0 aliphatic carbocycles. The fourth-order valence-electron chi connectivity index (χ4n) is 3.77. The summed E-state index contributed by atoms with van der Waals surface area (Å²) in [5, 5.41) is 17.4. The molecule has 0 radical (unpaired) electrons. The molecule has 0 spiro atoms. The molecule has 1 unspecified atom stereocenters. The van der Waals surface area contributed by atoms with Gasteiger partial charge in [0.2, 0.25) is 5.91 Å². The topological polar surface area (TPSA) is 91.2 Å². The van der Waals surface area contributed by atoms with E-state index in [1.165, 1.54) is 11.8 Å². The van der Waals surface area contributed by atoms with Crippen LogP contribution in [0.3, 0.4) is 0 Å². The number of allylic oxidation sites excluding steroid dienone is 1. The lowest BCUT2D eigenvalue weighted by Gasteiger charge is -2.31. The average Bonchev–Trinajstić information content (AvgIpc) is 2.81. The van der Waals surface area contributed by atoms with Crippen LogP contribution in [-0.2, 0) is 14.3 Å². The summed E-state index contributed by atoms with van der Waals surface area (Å²) in [4.78, 5) is 25.8. The Balaban J connectivity index is 2.18. The number of amides is 1. The van der Waals surface area contributed by atoms with Crippen molar-refractivity contribution < 1.29 is 14.3 Å². The van der Waals surface area contributed by atoms with Crippen molar-refractivity contribution in [1.29, 1.82) is 5.26 Å². The molecule has 0 aromatic heterocycles. The highest BCUT2D eigenvalue weighted by atomic mass is 35.5. The molecule has 0 saturated carbocycles. The van der Waals surface area contributed by atoms with E-state index in [9.17, 15) is 14.9 Å². The summed E-state index contributed by atoms with van der Waals surface area (Å²) in [6.07, 6.45) is 0. The van der Waals surface area contributed by atoms with Gasteiger partial charge in [-0.25, -0.2) is 4.79 Å². The van der Waals surface area contributed by atoms with E-state index in [0.29, 0.717) is 32.5 Å². The minimum Gasteiger partial charge on any atom is -0.463 e. The quantitative estimate of drug-likeness (QED) is 0.486. The summed E-state index contributed by atoms with van der Waals surface area (Å²) in [6, 6.07) is 18.7. The van der Waals surface area contributed by atoms with Gasteiger partial charge in [0.05, 0.1) is 46.2 Å². The van der Waals surface area contributed by atoms with Gasteiger partial charge in [0.1, 0.15) is 0 Å². The van der Waals surface area contributed by atoms with Gasteiger partial charge in [-0.3, -0.25) is 4.79 Å². The summed E-state index contributed by atoms with van der Waals surface area (Å²) in [6.45, 7) is 7.63. The molecule has 8 heteroatoms. The van der Waals surface area contributed by atoms with E-state index in [-0.39, 0.29) is 23.8 Å². The molecule has 1 aliphatic heterocycles. The highest BCUT2D eigenvalue weighted by Crippen LogP contribution is 2.45. The number of rotatable bonds is 7. The summed E-state index contributed by atoms with van der Waals surface area (Å²) in [7, 11) is 0. The van der Waals surface area contributed by atoms with Crippen LogP contribution in [0.25, 0.3) is 5.70 Å². The Labute approximate surface area is 215 Å². The molecule has 2 aromatic carbocycles. The molecule has 6 nitrogen and oxygen atoms in total. The first-order valence-electron chi connectivity index (χ1n) is 11.2. The number of hydrogen-bond acceptors (Lipinski definition) is 6. The van der Waals surface area contributed by atoms with Gasteiger partial charge >= 0.3 is 5.97 Å². The van der Waals surface area contributed by atoms with Crippen LogP contribution in [0.4, 0.5) is 0 Å². The third kappa shape index (κ3) is 6.47. The van der Waals surface area contributed by atoms with Gasteiger partial charge in [-0.2, -0.15) is 5.26 Å². The second-order valence-corrected chi connectivity index (χ2v) is 10.3. The van der Waals surface area contributed by atoms with Gasteiger partial charge in [-0.05, 0) is 44.9 Å². The minimum absolute atomic E-state index is 0.0941. The standard InChI is InChI=1S/C27H28ClN3O3S/c1-5-34-26(33)23-22(18-13-9-10-14-20(18)28)19(15-29)25(35-16-21(32)31-27(2,3)4)30-24(23)17-11-7-6-8-12-17/h6-14,22,30H,5,16H2,1-4H3,(H,31,32). The summed E-state index contributed by atoms with van der Waals surface area (Å²) in [5.41, 5.74) is 2.10. The van der Waals surface area contributed by atoms with Gasteiger partial charge < -0.3 is 15.4 Å². The van der Waals surface area contributed by atoms with E-state index in [0.717, 1.165) is 5.56 Å². The number of nitrogens with one attached hydrogen (secondary N) is 2. The number of dihydropyridines is 1. The van der Waals surface area contributed by atoms with Crippen molar-refractivity contribution in [1.82, 2.24) is 10.6 Å². The molecule has 1 atom stereocenters. The molecular formula is C27H28ClN3O3S. The predicted molar refractivity (Wildman–Crippen MR) is 140 cm³/mol. The van der Waals surface area contributed by atoms with Gasteiger partial charge in [0.25, 0.3) is 0 Å². The summed E-state index contributed by atoms with van der Waals surface area (Å²) < 4.78 is 5.42. The zero-order valence-corrected chi connectivity index (χ0v) is 21.7. The van der Waals surface area contributed by atoms with Gasteiger partial charge in [-0.15, -0.1) is 0 Å². The minimum atomic E-state index is -0.766. The van der Waals surface area contributed by atoms with E-state index in [1.807, 2.05) is 57.2 Å². The van der Waals surface area contributed by atoms with E-state index < -0.39 is 11.9 Å². The molecule has 182 valence electrons. The average molecular weight is 510 g/mol. The molecule has 1 amide bonds. The van der Waals surface area contributed by atoms with E-state index in [1.54, 1.807) is 25.1 Å². The van der Waals surface area contributed by atoms with Crippen LogP contribution >= 0.6 is 23.4 Å². The van der Waals surface area contributed by atoms with Crippen LogP contribution < -0.4 is 10.6 Å². The van der Waals surface area contributed by atoms with Crippen LogP contribution in [-0.4, -0.2) is 29.8 Å². The van der Waals surface area contributed by atoms with Gasteiger partial charge in [0, 0.05) is 10.6 Å². The van der Waals surface area contributed by atoms with Crippen molar-refractivity contribution in [2.45, 2.75) is 39.2 Å². The fraction of sp³-hybridized carbons (Fsp3) is 0.296. The number of carbonyl (C=O) groups excluding carboxylic acids is 2. The predicted octanol–water partition coefficient (Wildman–Crippen LogP) is 5.38. The molecule has 0 saturated heterocycles. The lowest BCUT2D eigenvalue weighted by Crippen LogP contribution is -2.41. The van der Waals surface area contributed by atoms with E-state index in [2.05, 4.69) is 16.7 Å². The molecule has 0 fully saturated rings. The van der Waals surface area contributed by atoms with Crippen molar-refractivity contribution in [3.63, 3.8) is 0 Å². The van der Waals surface area contributed by atoms with Crippen molar-refractivity contribution in [3.05, 3.63) is 86.9 Å². The monoisotopic (exact) mass is 509 g/mol. The maximum absolute atomic E-state index is 13.3. The lowest BCUT2D eigenvalue weighted by atomic mass is 9.81. The third-order valence-electron chi connectivity index (χ3n) is 5.09. The first-order valence-corrected chi connectivity index (χ1v) is 12.6. The van der Waals surface area contributed by atoms with E-state index in [4.69, 9.17) is 16.3 Å². The molecule has 0 bridgehead atoms. The maximum atomic E-state index is 13.3. The highest BCUT2D eigenvalue weighted by molar-refractivity contribution is 8.03. The first kappa shape index (κ1) is 26.4. The van der Waals surface area contributed by atoms with Crippen LogP contribution in [0.2, 0.25) is 5.02 Å². The molecule has 1 aliphatic rings. The Morgan fingerprint density at radius 1 is 1.14 bits per heavy atom. The molecule has 2 N–H and O–H groups in total. The van der Waals surface area contributed by atoms with Crippen molar-refractivity contribution in [3.8, 4) is 6.07 Å². The number of thioether (sulfide) groups is 1. The van der Waals surface area contributed by atoms with Crippen LogP contribution in [0.1, 0.15) is 44.7 Å². The van der Waals surface area contributed by atoms with Gasteiger partial charge in [0.15, 0.2) is 0 Å². The Bertz CT molecular complexity index is 1210. The first-order chi connectivity index (χ1) is 16.7. The van der Waals surface area contributed by atoms with Crippen LogP contribution in [0.5, 0.6) is 0 Å². The number of ether oxygens (including phenoxy) is 1. The lowest BCUT2D eigenvalue weighted by molar-refractivity contribution is -0.138.